The second-order valence-electron chi connectivity index (χ2n) is 3.02. The van der Waals surface area contributed by atoms with E-state index in [1.54, 1.807) is 24.4 Å². The number of hydrogen-bond donors (Lipinski definition) is 0. The van der Waals surface area contributed by atoms with Crippen LogP contribution in [0.1, 0.15) is 6.92 Å². The van der Waals surface area contributed by atoms with Crippen molar-refractivity contribution in [1.82, 2.24) is 4.31 Å². The van der Waals surface area contributed by atoms with Crippen LogP contribution in [0, 0.1) is 0 Å². The average molecular weight is 233 g/mol. The zero-order chi connectivity index (χ0) is 10.2. The first-order valence-corrected chi connectivity index (χ1v) is 6.61. The van der Waals surface area contributed by atoms with Gasteiger partial charge in [0.1, 0.15) is 10.4 Å². The molecule has 0 aliphatic carbocycles. The third-order valence-corrected chi connectivity index (χ3v) is 5.46. The Balaban J connectivity index is 2.33. The third-order valence-electron chi connectivity index (χ3n) is 2.13. The van der Waals surface area contributed by atoms with Gasteiger partial charge >= 0.3 is 0 Å². The zero-order valence-corrected chi connectivity index (χ0v) is 9.35. The van der Waals surface area contributed by atoms with E-state index in [1.165, 1.54) is 15.6 Å². The summed E-state index contributed by atoms with van der Waals surface area (Å²) in [6, 6.07) is 3.35. The molecule has 1 aliphatic heterocycles. The molecule has 0 spiro atoms. The van der Waals surface area contributed by atoms with Gasteiger partial charge in [-0.05, 0) is 18.4 Å². The van der Waals surface area contributed by atoms with E-state index in [0.29, 0.717) is 17.4 Å². The van der Waals surface area contributed by atoms with Crippen LogP contribution >= 0.6 is 11.3 Å². The smallest absolute Gasteiger partial charge is 0.254 e. The highest BCUT2D eigenvalue weighted by Gasteiger charge is 2.33. The summed E-state index contributed by atoms with van der Waals surface area (Å²) >= 11 is 1.23. The van der Waals surface area contributed by atoms with Crippen LogP contribution < -0.4 is 0 Å². The van der Waals surface area contributed by atoms with Crippen LogP contribution in [0.2, 0.25) is 0 Å². The molecule has 0 bridgehead atoms. The topological polar surface area (TPSA) is 46.6 Å². The predicted molar refractivity (Wildman–Crippen MR) is 53.6 cm³/mol. The molecule has 0 saturated carbocycles. The number of thiophene rings is 1. The van der Waals surface area contributed by atoms with Gasteiger partial charge in [0.15, 0.2) is 0 Å². The van der Waals surface area contributed by atoms with Gasteiger partial charge in [-0.2, -0.15) is 4.31 Å². The Morgan fingerprint density at radius 1 is 1.64 bits per heavy atom. The van der Waals surface area contributed by atoms with Crippen LogP contribution in [0.5, 0.6) is 0 Å². The quantitative estimate of drug-likeness (QED) is 0.769. The van der Waals surface area contributed by atoms with E-state index in [9.17, 15) is 8.42 Å². The van der Waals surface area contributed by atoms with E-state index in [-0.39, 0.29) is 6.23 Å². The fraction of sp³-hybridized carbons (Fsp3) is 0.500. The Morgan fingerprint density at radius 2 is 2.43 bits per heavy atom. The monoisotopic (exact) mass is 233 g/mol. The molecule has 6 heteroatoms. The summed E-state index contributed by atoms with van der Waals surface area (Å²) in [5.41, 5.74) is 0. The first kappa shape index (κ1) is 10.1. The molecule has 1 aromatic heterocycles. The van der Waals surface area contributed by atoms with Crippen LogP contribution in [0.25, 0.3) is 0 Å². The lowest BCUT2D eigenvalue weighted by Gasteiger charge is -2.17. The van der Waals surface area contributed by atoms with Gasteiger partial charge in [0.05, 0.1) is 6.61 Å². The van der Waals surface area contributed by atoms with Crippen molar-refractivity contribution < 1.29 is 13.2 Å². The lowest BCUT2D eigenvalue weighted by molar-refractivity contribution is 0.0847. The van der Waals surface area contributed by atoms with Gasteiger partial charge in [0.25, 0.3) is 10.0 Å². The fourth-order valence-corrected chi connectivity index (χ4v) is 4.06. The Labute approximate surface area is 87.2 Å². The molecule has 2 heterocycles. The van der Waals surface area contributed by atoms with Crippen LogP contribution in [-0.2, 0) is 14.8 Å². The number of nitrogens with zero attached hydrogens (tertiary/aromatic N) is 1. The first-order chi connectivity index (χ1) is 6.62. The van der Waals surface area contributed by atoms with Crippen molar-refractivity contribution >= 4 is 21.4 Å². The molecule has 2 rings (SSSR count). The molecule has 4 nitrogen and oxygen atoms in total. The van der Waals surface area contributed by atoms with Crippen molar-refractivity contribution in [3.8, 4) is 0 Å². The highest BCUT2D eigenvalue weighted by atomic mass is 32.2. The Bertz CT molecular complexity index is 398. The van der Waals surface area contributed by atoms with E-state index in [1.807, 2.05) is 0 Å². The van der Waals surface area contributed by atoms with Crippen molar-refractivity contribution in [1.29, 1.82) is 0 Å². The molecule has 78 valence electrons. The van der Waals surface area contributed by atoms with E-state index in [2.05, 4.69) is 0 Å². The van der Waals surface area contributed by atoms with E-state index in [4.69, 9.17) is 4.74 Å². The molecule has 1 atom stereocenters. The van der Waals surface area contributed by atoms with Gasteiger partial charge in [0.2, 0.25) is 0 Å². The molecule has 1 saturated heterocycles. The Morgan fingerprint density at radius 3 is 2.93 bits per heavy atom. The first-order valence-electron chi connectivity index (χ1n) is 4.29. The summed E-state index contributed by atoms with van der Waals surface area (Å²) in [4.78, 5) is 0. The molecular formula is C8H11NO3S2. The normalized spacial score (nSPS) is 24.2. The van der Waals surface area contributed by atoms with Crippen molar-refractivity contribution in [2.24, 2.45) is 0 Å². The average Bonchev–Trinajstić information content (AvgIpc) is 2.72. The van der Waals surface area contributed by atoms with Crippen molar-refractivity contribution in [2.75, 3.05) is 13.2 Å². The van der Waals surface area contributed by atoms with Gasteiger partial charge in [-0.15, -0.1) is 11.3 Å². The third kappa shape index (κ3) is 1.58. The second kappa shape index (κ2) is 3.62. The highest BCUT2D eigenvalue weighted by molar-refractivity contribution is 7.91. The van der Waals surface area contributed by atoms with E-state index in [0.717, 1.165) is 0 Å². The van der Waals surface area contributed by atoms with E-state index >= 15 is 0 Å². The minimum atomic E-state index is -3.32. The minimum absolute atomic E-state index is 0.345. The van der Waals surface area contributed by atoms with Crippen molar-refractivity contribution in [2.45, 2.75) is 17.4 Å². The van der Waals surface area contributed by atoms with Crippen molar-refractivity contribution in [3.63, 3.8) is 0 Å². The standard InChI is InChI=1S/C8H11NO3S2/c1-7-9(4-5-12-7)14(10,11)8-3-2-6-13-8/h2-3,6-7H,4-5H2,1H3. The molecule has 1 aliphatic rings. The lowest BCUT2D eigenvalue weighted by Crippen LogP contribution is -2.33. The molecule has 1 fully saturated rings. The molecule has 1 aromatic rings. The summed E-state index contributed by atoms with van der Waals surface area (Å²) in [5.74, 6) is 0. The number of sulfonamides is 1. The highest BCUT2D eigenvalue weighted by Crippen LogP contribution is 2.24. The maximum absolute atomic E-state index is 12.0. The van der Waals surface area contributed by atoms with Crippen LogP contribution in [0.15, 0.2) is 21.7 Å². The zero-order valence-electron chi connectivity index (χ0n) is 7.71. The van der Waals surface area contributed by atoms with Gasteiger partial charge in [-0.3, -0.25) is 0 Å². The molecular weight excluding hydrogens is 222 g/mol. The maximum Gasteiger partial charge on any atom is 0.254 e. The van der Waals surface area contributed by atoms with Gasteiger partial charge < -0.3 is 4.74 Å². The molecule has 0 N–H and O–H groups in total. The number of hydrogen-bond acceptors (Lipinski definition) is 4. The van der Waals surface area contributed by atoms with Gasteiger partial charge in [0, 0.05) is 6.54 Å². The SMILES string of the molecule is CC1OCCN1S(=O)(=O)c1cccs1. The summed E-state index contributed by atoms with van der Waals surface area (Å²) in [5, 5.41) is 1.76. The molecule has 0 aromatic carbocycles. The summed E-state index contributed by atoms with van der Waals surface area (Å²) in [6.07, 6.45) is -0.345. The largest absolute Gasteiger partial charge is 0.361 e. The van der Waals surface area contributed by atoms with Crippen LogP contribution in [-0.4, -0.2) is 32.1 Å². The number of rotatable bonds is 2. The molecule has 1 unspecified atom stereocenters. The Hall–Kier alpha value is -0.430. The van der Waals surface area contributed by atoms with Crippen LogP contribution in [0.3, 0.4) is 0 Å². The van der Waals surface area contributed by atoms with Crippen molar-refractivity contribution in [3.05, 3.63) is 17.5 Å². The maximum atomic E-state index is 12.0. The van der Waals surface area contributed by atoms with Gasteiger partial charge in [-0.25, -0.2) is 8.42 Å². The number of ether oxygens (including phenoxy) is 1. The summed E-state index contributed by atoms with van der Waals surface area (Å²) < 4.78 is 30.9. The predicted octanol–water partition coefficient (Wildman–Crippen LogP) is 1.12. The fourth-order valence-electron chi connectivity index (χ4n) is 1.42. The second-order valence-corrected chi connectivity index (χ2v) is 6.08. The Kier molecular flexibility index (Phi) is 2.61. The lowest BCUT2D eigenvalue weighted by atomic mass is 10.7. The molecule has 0 radical (unpaired) electrons. The summed E-state index contributed by atoms with van der Waals surface area (Å²) in [7, 11) is -3.32. The van der Waals surface area contributed by atoms with Gasteiger partial charge in [-0.1, -0.05) is 6.07 Å². The minimum Gasteiger partial charge on any atom is -0.361 e. The summed E-state index contributed by atoms with van der Waals surface area (Å²) in [6.45, 7) is 2.67. The molecule has 14 heavy (non-hydrogen) atoms. The molecule has 0 amide bonds. The van der Waals surface area contributed by atoms with Crippen LogP contribution in [0.4, 0.5) is 0 Å². The van der Waals surface area contributed by atoms with E-state index < -0.39 is 10.0 Å².